The van der Waals surface area contributed by atoms with Crippen molar-refractivity contribution in [3.05, 3.63) is 18.2 Å². The van der Waals surface area contributed by atoms with E-state index in [1.807, 2.05) is 30.1 Å². The summed E-state index contributed by atoms with van der Waals surface area (Å²) >= 11 is 0. The van der Waals surface area contributed by atoms with Crippen LogP contribution in [0.3, 0.4) is 0 Å². The van der Waals surface area contributed by atoms with E-state index in [0.29, 0.717) is 18.0 Å². The molecule has 0 aliphatic heterocycles. The maximum absolute atomic E-state index is 11.2. The van der Waals surface area contributed by atoms with Gasteiger partial charge in [0.15, 0.2) is 11.5 Å². The molecule has 1 N–H and O–H groups in total. The van der Waals surface area contributed by atoms with E-state index >= 15 is 0 Å². The molecule has 19 heavy (non-hydrogen) atoms. The van der Waals surface area contributed by atoms with Crippen LogP contribution in [0.2, 0.25) is 0 Å². The van der Waals surface area contributed by atoms with E-state index < -0.39 is 11.4 Å². The van der Waals surface area contributed by atoms with Gasteiger partial charge in [-0.1, -0.05) is 0 Å². The minimum absolute atomic E-state index is 0.512. The zero-order valence-electron chi connectivity index (χ0n) is 11.5. The van der Waals surface area contributed by atoms with Crippen LogP contribution in [0, 0.1) is 5.41 Å². The molecular formula is C14H19NO4. The van der Waals surface area contributed by atoms with Crippen LogP contribution in [0.4, 0.5) is 5.69 Å². The molecule has 1 aliphatic carbocycles. The van der Waals surface area contributed by atoms with E-state index in [9.17, 15) is 9.90 Å². The van der Waals surface area contributed by atoms with Gasteiger partial charge in [-0.3, -0.25) is 4.79 Å². The predicted octanol–water partition coefficient (Wildman–Crippen LogP) is 2.00. The highest BCUT2D eigenvalue weighted by atomic mass is 16.5. The van der Waals surface area contributed by atoms with Crippen molar-refractivity contribution in [2.24, 2.45) is 5.41 Å². The Bertz CT molecular complexity index is 482. The smallest absolute Gasteiger partial charge is 0.311 e. The second kappa shape index (κ2) is 4.99. The highest BCUT2D eigenvalue weighted by Crippen LogP contribution is 2.47. The minimum atomic E-state index is -0.708. The average Bonchev–Trinajstić information content (AvgIpc) is 3.18. The Morgan fingerprint density at radius 3 is 2.42 bits per heavy atom. The number of ether oxygens (including phenoxy) is 2. The van der Waals surface area contributed by atoms with Gasteiger partial charge in [0, 0.05) is 25.3 Å². The van der Waals surface area contributed by atoms with Gasteiger partial charge in [0.05, 0.1) is 19.6 Å². The molecular weight excluding hydrogens is 246 g/mol. The van der Waals surface area contributed by atoms with E-state index in [-0.39, 0.29) is 0 Å². The molecule has 0 atom stereocenters. The van der Waals surface area contributed by atoms with Crippen LogP contribution < -0.4 is 14.4 Å². The van der Waals surface area contributed by atoms with Crippen molar-refractivity contribution in [1.82, 2.24) is 0 Å². The molecule has 5 nitrogen and oxygen atoms in total. The second-order valence-corrected chi connectivity index (χ2v) is 4.98. The molecule has 1 aromatic rings. The molecule has 0 amide bonds. The quantitative estimate of drug-likeness (QED) is 0.852. The van der Waals surface area contributed by atoms with Gasteiger partial charge in [0.25, 0.3) is 0 Å². The number of nitrogens with zero attached hydrogens (tertiary/aromatic N) is 1. The summed E-state index contributed by atoms with van der Waals surface area (Å²) < 4.78 is 10.4. The molecule has 104 valence electrons. The van der Waals surface area contributed by atoms with Crippen molar-refractivity contribution in [1.29, 1.82) is 0 Å². The summed E-state index contributed by atoms with van der Waals surface area (Å²) in [6, 6.07) is 5.58. The Morgan fingerprint density at radius 2 is 1.95 bits per heavy atom. The number of carboxylic acids is 1. The summed E-state index contributed by atoms with van der Waals surface area (Å²) in [6.07, 6.45) is 1.50. The first-order chi connectivity index (χ1) is 9.02. The lowest BCUT2D eigenvalue weighted by Crippen LogP contribution is -2.31. The highest BCUT2D eigenvalue weighted by molar-refractivity contribution is 5.78. The van der Waals surface area contributed by atoms with Crippen molar-refractivity contribution in [3.63, 3.8) is 0 Å². The zero-order valence-corrected chi connectivity index (χ0v) is 11.5. The molecule has 0 radical (unpaired) electrons. The van der Waals surface area contributed by atoms with E-state index in [1.165, 1.54) is 0 Å². The summed E-state index contributed by atoms with van der Waals surface area (Å²) in [5.41, 5.74) is 0.354. The number of rotatable bonds is 6. The first-order valence-corrected chi connectivity index (χ1v) is 6.19. The number of aliphatic carboxylic acids is 1. The van der Waals surface area contributed by atoms with Gasteiger partial charge < -0.3 is 19.5 Å². The van der Waals surface area contributed by atoms with Gasteiger partial charge >= 0.3 is 5.97 Å². The Kier molecular flexibility index (Phi) is 3.55. The third-order valence-corrected chi connectivity index (χ3v) is 3.65. The lowest BCUT2D eigenvalue weighted by Gasteiger charge is -2.24. The molecule has 0 saturated heterocycles. The first-order valence-electron chi connectivity index (χ1n) is 6.19. The number of carboxylic acid groups (broad SMARTS) is 1. The third-order valence-electron chi connectivity index (χ3n) is 3.65. The molecule has 1 aromatic carbocycles. The number of benzene rings is 1. The molecule has 0 spiro atoms. The highest BCUT2D eigenvalue weighted by Gasteiger charge is 2.50. The lowest BCUT2D eigenvalue weighted by atomic mass is 10.1. The molecule has 0 bridgehead atoms. The Hall–Kier alpha value is -1.91. The molecule has 2 rings (SSSR count). The predicted molar refractivity (Wildman–Crippen MR) is 72.1 cm³/mol. The van der Waals surface area contributed by atoms with Crippen molar-refractivity contribution in [2.75, 3.05) is 32.7 Å². The number of hydrogen-bond acceptors (Lipinski definition) is 4. The lowest BCUT2D eigenvalue weighted by molar-refractivity contribution is -0.142. The van der Waals surface area contributed by atoms with E-state index in [4.69, 9.17) is 9.47 Å². The van der Waals surface area contributed by atoms with Crippen molar-refractivity contribution in [2.45, 2.75) is 12.8 Å². The fourth-order valence-corrected chi connectivity index (χ4v) is 2.20. The van der Waals surface area contributed by atoms with E-state index in [2.05, 4.69) is 0 Å². The van der Waals surface area contributed by atoms with Gasteiger partial charge in [-0.2, -0.15) is 0 Å². The van der Waals surface area contributed by atoms with Crippen LogP contribution in [0.1, 0.15) is 12.8 Å². The Morgan fingerprint density at radius 1 is 1.32 bits per heavy atom. The van der Waals surface area contributed by atoms with E-state index in [0.717, 1.165) is 18.5 Å². The summed E-state index contributed by atoms with van der Waals surface area (Å²) in [4.78, 5) is 13.2. The normalized spacial score (nSPS) is 15.7. The zero-order chi connectivity index (χ0) is 14.0. The molecule has 1 aliphatic rings. The summed E-state index contributed by atoms with van der Waals surface area (Å²) in [6.45, 7) is 0.512. The van der Waals surface area contributed by atoms with Gasteiger partial charge in [-0.05, 0) is 25.0 Å². The van der Waals surface area contributed by atoms with Crippen molar-refractivity contribution >= 4 is 11.7 Å². The average molecular weight is 265 g/mol. The fourth-order valence-electron chi connectivity index (χ4n) is 2.20. The number of methoxy groups -OCH3 is 2. The molecule has 1 saturated carbocycles. The van der Waals surface area contributed by atoms with Gasteiger partial charge in [0.1, 0.15) is 0 Å². The van der Waals surface area contributed by atoms with Crippen LogP contribution in [-0.4, -0.2) is 38.9 Å². The molecule has 5 heteroatoms. The van der Waals surface area contributed by atoms with Gasteiger partial charge in [-0.25, -0.2) is 0 Å². The van der Waals surface area contributed by atoms with Gasteiger partial charge in [-0.15, -0.1) is 0 Å². The number of carbonyl (C=O) groups is 1. The minimum Gasteiger partial charge on any atom is -0.493 e. The monoisotopic (exact) mass is 265 g/mol. The maximum Gasteiger partial charge on any atom is 0.311 e. The number of anilines is 1. The van der Waals surface area contributed by atoms with Crippen LogP contribution >= 0.6 is 0 Å². The Labute approximate surface area is 112 Å². The van der Waals surface area contributed by atoms with Crippen molar-refractivity contribution < 1.29 is 19.4 Å². The molecule has 0 unspecified atom stereocenters. The standard InChI is InChI=1S/C14H19NO4/c1-15(9-14(6-7-14)13(16)17)10-4-5-11(18-2)12(8-10)19-3/h4-5,8H,6-7,9H2,1-3H3,(H,16,17). The SMILES string of the molecule is COc1ccc(N(C)CC2(C(=O)O)CC2)cc1OC. The fraction of sp³-hybridized carbons (Fsp3) is 0.500. The van der Waals surface area contributed by atoms with Crippen LogP contribution in [0.25, 0.3) is 0 Å². The maximum atomic E-state index is 11.2. The van der Waals surface area contributed by atoms with Crippen LogP contribution in [0.15, 0.2) is 18.2 Å². The molecule has 1 fully saturated rings. The third kappa shape index (κ3) is 2.59. The summed E-state index contributed by atoms with van der Waals surface area (Å²) in [7, 11) is 5.07. The van der Waals surface area contributed by atoms with Crippen molar-refractivity contribution in [3.8, 4) is 11.5 Å². The van der Waals surface area contributed by atoms with Crippen LogP contribution in [-0.2, 0) is 4.79 Å². The molecule has 0 heterocycles. The summed E-state index contributed by atoms with van der Waals surface area (Å²) in [5.74, 6) is 0.603. The summed E-state index contributed by atoms with van der Waals surface area (Å²) in [5, 5.41) is 9.21. The largest absolute Gasteiger partial charge is 0.493 e. The second-order valence-electron chi connectivity index (χ2n) is 4.98. The van der Waals surface area contributed by atoms with E-state index in [1.54, 1.807) is 14.2 Å². The first kappa shape index (κ1) is 13.5. The van der Waals surface area contributed by atoms with Gasteiger partial charge in [0.2, 0.25) is 0 Å². The Balaban J connectivity index is 2.15. The number of hydrogen-bond donors (Lipinski definition) is 1. The van der Waals surface area contributed by atoms with Crippen LogP contribution in [0.5, 0.6) is 11.5 Å². The molecule has 0 aromatic heterocycles. The topological polar surface area (TPSA) is 59.0 Å².